The molecule has 1 aromatic carbocycles. The van der Waals surface area contributed by atoms with Crippen molar-refractivity contribution in [3.05, 3.63) is 48.2 Å². The Bertz CT molecular complexity index is 1020. The summed E-state index contributed by atoms with van der Waals surface area (Å²) in [6.07, 6.45) is -1.32. The van der Waals surface area contributed by atoms with Crippen molar-refractivity contribution in [1.82, 2.24) is 9.88 Å². The molecule has 1 amide bonds. The van der Waals surface area contributed by atoms with Crippen LogP contribution in [0.15, 0.2) is 47.6 Å². The van der Waals surface area contributed by atoms with E-state index in [2.05, 4.69) is 14.7 Å². The largest absolute Gasteiger partial charge is 0.573 e. The quantitative estimate of drug-likeness (QED) is 0.822. The van der Waals surface area contributed by atoms with Gasteiger partial charge in [0.1, 0.15) is 5.75 Å². The molecule has 9 heteroatoms. The maximum atomic E-state index is 13.0. The minimum atomic E-state index is -4.78. The number of hydrogen-bond acceptors (Lipinski definition) is 5. The predicted molar refractivity (Wildman–Crippen MR) is 104 cm³/mol. The average Bonchev–Trinajstić information content (AvgIpc) is 3.50. The second kappa shape index (κ2) is 7.00. The number of nitrogens with zero attached hydrogens (tertiary/aromatic N) is 3. The number of aliphatic imine (C=N–C) groups is 1. The van der Waals surface area contributed by atoms with E-state index in [1.807, 2.05) is 6.92 Å². The van der Waals surface area contributed by atoms with E-state index in [1.54, 1.807) is 31.4 Å². The van der Waals surface area contributed by atoms with E-state index in [4.69, 9.17) is 5.73 Å². The molecule has 2 heterocycles. The van der Waals surface area contributed by atoms with Crippen LogP contribution >= 0.6 is 0 Å². The fraction of sp³-hybridized carbons (Fsp3) is 0.381. The monoisotopic (exact) mass is 418 g/mol. The summed E-state index contributed by atoms with van der Waals surface area (Å²) in [7, 11) is 1.61. The number of nitrogens with two attached hydrogens (primary N) is 1. The zero-order valence-corrected chi connectivity index (χ0v) is 16.5. The molecule has 0 radical (unpaired) electrons. The Morgan fingerprint density at radius 3 is 2.63 bits per heavy atom. The molecule has 30 heavy (non-hydrogen) atoms. The number of guanidine groups is 1. The molecular formula is C21H21F3N4O2. The summed E-state index contributed by atoms with van der Waals surface area (Å²) >= 11 is 0. The number of ether oxygens (including phenoxy) is 1. The van der Waals surface area contributed by atoms with Crippen LogP contribution in [-0.4, -0.2) is 35.2 Å². The van der Waals surface area contributed by atoms with Crippen molar-refractivity contribution >= 4 is 11.9 Å². The normalized spacial score (nSPS) is 24.6. The first-order valence-electron chi connectivity index (χ1n) is 9.54. The van der Waals surface area contributed by atoms with Gasteiger partial charge in [0.05, 0.1) is 17.2 Å². The second-order valence-electron chi connectivity index (χ2n) is 7.84. The van der Waals surface area contributed by atoms with E-state index in [9.17, 15) is 18.0 Å². The van der Waals surface area contributed by atoms with Gasteiger partial charge in [0.25, 0.3) is 0 Å². The number of halogens is 3. The first kappa shape index (κ1) is 20.2. The highest BCUT2D eigenvalue weighted by atomic mass is 19.4. The van der Waals surface area contributed by atoms with Gasteiger partial charge in [0.15, 0.2) is 5.96 Å². The topological polar surface area (TPSA) is 80.8 Å². The summed E-state index contributed by atoms with van der Waals surface area (Å²) in [6, 6.07) is 9.13. The summed E-state index contributed by atoms with van der Waals surface area (Å²) in [5, 5.41) is 0. The maximum Gasteiger partial charge on any atom is 0.573 e. The van der Waals surface area contributed by atoms with Gasteiger partial charge in [-0.1, -0.05) is 12.1 Å². The van der Waals surface area contributed by atoms with Gasteiger partial charge in [-0.15, -0.1) is 13.2 Å². The van der Waals surface area contributed by atoms with Gasteiger partial charge in [-0.25, -0.2) is 4.99 Å². The third-order valence-corrected chi connectivity index (χ3v) is 5.69. The molecule has 1 aliphatic carbocycles. The van der Waals surface area contributed by atoms with Crippen molar-refractivity contribution in [3.63, 3.8) is 0 Å². The zero-order chi connectivity index (χ0) is 21.7. The Kier molecular flexibility index (Phi) is 4.71. The molecule has 1 aromatic heterocycles. The number of benzene rings is 1. The molecule has 2 N–H and O–H groups in total. The molecule has 0 unspecified atom stereocenters. The van der Waals surface area contributed by atoms with Crippen LogP contribution < -0.4 is 10.5 Å². The van der Waals surface area contributed by atoms with E-state index < -0.39 is 11.9 Å². The smallest absolute Gasteiger partial charge is 0.406 e. The lowest BCUT2D eigenvalue weighted by atomic mass is 9.75. The molecule has 158 valence electrons. The van der Waals surface area contributed by atoms with Gasteiger partial charge in [0, 0.05) is 18.8 Å². The summed E-state index contributed by atoms with van der Waals surface area (Å²) < 4.78 is 41.7. The fourth-order valence-corrected chi connectivity index (χ4v) is 4.03. The number of hydrogen-bond donors (Lipinski definition) is 1. The number of alkyl halides is 3. The summed E-state index contributed by atoms with van der Waals surface area (Å²) in [5.41, 5.74) is 6.77. The third-order valence-electron chi connectivity index (χ3n) is 5.69. The van der Waals surface area contributed by atoms with Crippen molar-refractivity contribution in [3.8, 4) is 17.0 Å². The zero-order valence-electron chi connectivity index (χ0n) is 16.5. The SMILES string of the molecule is CN1C(=O)[C@H](C2CC2)[C@@](C)(c2ccnc(-c3cccc(OC(F)(F)F)c3)c2)N=C1N. The number of amides is 1. The van der Waals surface area contributed by atoms with Crippen molar-refractivity contribution in [2.24, 2.45) is 22.6 Å². The predicted octanol–water partition coefficient (Wildman–Crippen LogP) is 3.68. The Morgan fingerprint density at radius 1 is 1.23 bits per heavy atom. The van der Waals surface area contributed by atoms with E-state index in [-0.39, 0.29) is 29.5 Å². The molecule has 0 saturated heterocycles. The Balaban J connectivity index is 1.75. The number of carbonyl (C=O) groups is 1. The molecule has 1 aliphatic heterocycles. The van der Waals surface area contributed by atoms with E-state index in [0.29, 0.717) is 11.3 Å². The van der Waals surface area contributed by atoms with E-state index in [0.717, 1.165) is 18.4 Å². The first-order valence-corrected chi connectivity index (χ1v) is 9.54. The minimum absolute atomic E-state index is 0.0774. The lowest BCUT2D eigenvalue weighted by Crippen LogP contribution is -2.54. The van der Waals surface area contributed by atoms with Gasteiger partial charge in [0.2, 0.25) is 5.91 Å². The van der Waals surface area contributed by atoms with Gasteiger partial charge in [-0.2, -0.15) is 0 Å². The lowest BCUT2D eigenvalue weighted by Gasteiger charge is -2.41. The molecule has 6 nitrogen and oxygen atoms in total. The van der Waals surface area contributed by atoms with Crippen LogP contribution in [0.5, 0.6) is 5.75 Å². The third kappa shape index (κ3) is 3.71. The Morgan fingerprint density at radius 2 is 1.97 bits per heavy atom. The van der Waals surface area contributed by atoms with Crippen LogP contribution in [-0.2, 0) is 10.3 Å². The number of carbonyl (C=O) groups excluding carboxylic acids is 1. The van der Waals surface area contributed by atoms with Crippen molar-refractivity contribution in [1.29, 1.82) is 0 Å². The number of rotatable bonds is 4. The Hall–Kier alpha value is -3.10. The van der Waals surface area contributed by atoms with Gasteiger partial charge in [-0.3, -0.25) is 14.7 Å². The molecule has 1 fully saturated rings. The number of pyridine rings is 1. The van der Waals surface area contributed by atoms with E-state index in [1.165, 1.54) is 23.1 Å². The summed E-state index contributed by atoms with van der Waals surface area (Å²) in [5.74, 6) is -0.400. The van der Waals surface area contributed by atoms with Crippen LogP contribution in [0, 0.1) is 11.8 Å². The van der Waals surface area contributed by atoms with Gasteiger partial charge in [-0.05, 0) is 55.5 Å². The molecule has 4 rings (SSSR count). The minimum Gasteiger partial charge on any atom is -0.406 e. The average molecular weight is 418 g/mol. The first-order chi connectivity index (χ1) is 14.1. The van der Waals surface area contributed by atoms with Crippen LogP contribution in [0.25, 0.3) is 11.3 Å². The van der Waals surface area contributed by atoms with Crippen LogP contribution in [0.2, 0.25) is 0 Å². The fourth-order valence-electron chi connectivity index (χ4n) is 4.03. The Labute approximate surface area is 171 Å². The van der Waals surface area contributed by atoms with Gasteiger partial charge >= 0.3 is 6.36 Å². The molecule has 2 aliphatic rings. The summed E-state index contributed by atoms with van der Waals surface area (Å²) in [6.45, 7) is 1.87. The second-order valence-corrected chi connectivity index (χ2v) is 7.84. The molecule has 2 aromatic rings. The molecule has 1 saturated carbocycles. The highest BCUT2D eigenvalue weighted by Crippen LogP contribution is 2.50. The van der Waals surface area contributed by atoms with Crippen LogP contribution in [0.3, 0.4) is 0 Å². The summed E-state index contributed by atoms with van der Waals surface area (Å²) in [4.78, 5) is 23.3. The molecule has 2 atom stereocenters. The molecule has 0 spiro atoms. The standard InChI is InChI=1S/C21H21F3N4O2/c1-20(17(12-6-7-12)18(29)28(2)19(25)27-20)14-8-9-26-16(11-14)13-4-3-5-15(10-13)30-21(22,23)24/h3-5,8-12,17H,6-7H2,1-2H3,(H2,25,27)/t17-,20+/m0/s1. The lowest BCUT2D eigenvalue weighted by molar-refractivity contribution is -0.274. The molecular weight excluding hydrogens is 397 g/mol. The highest BCUT2D eigenvalue weighted by Gasteiger charge is 2.53. The van der Waals surface area contributed by atoms with Crippen molar-refractivity contribution in [2.45, 2.75) is 31.7 Å². The van der Waals surface area contributed by atoms with Crippen molar-refractivity contribution < 1.29 is 22.7 Å². The maximum absolute atomic E-state index is 13.0. The highest BCUT2D eigenvalue weighted by molar-refractivity contribution is 6.00. The van der Waals surface area contributed by atoms with Crippen LogP contribution in [0.1, 0.15) is 25.3 Å². The van der Waals surface area contributed by atoms with Crippen molar-refractivity contribution in [2.75, 3.05) is 7.05 Å². The number of aromatic nitrogens is 1. The van der Waals surface area contributed by atoms with Gasteiger partial charge < -0.3 is 10.5 Å². The van der Waals surface area contributed by atoms with E-state index >= 15 is 0 Å². The van der Waals surface area contributed by atoms with Crippen LogP contribution in [0.4, 0.5) is 13.2 Å². The molecule has 0 bridgehead atoms.